The van der Waals surface area contributed by atoms with Gasteiger partial charge in [-0.05, 0) is 38.0 Å². The third-order valence-corrected chi connectivity index (χ3v) is 3.51. The maximum absolute atomic E-state index is 6.18. The molecule has 96 valence electrons. The Labute approximate surface area is 99.7 Å². The summed E-state index contributed by atoms with van der Waals surface area (Å²) >= 11 is 0. The van der Waals surface area contributed by atoms with E-state index in [0.29, 0.717) is 19.3 Å². The molecule has 0 aromatic heterocycles. The zero-order valence-electron chi connectivity index (χ0n) is 10.6. The molecule has 0 amide bonds. The van der Waals surface area contributed by atoms with Gasteiger partial charge in [-0.15, -0.1) is 0 Å². The second kappa shape index (κ2) is 8.97. The molecule has 0 saturated heterocycles. The number of unbranched alkanes of at least 4 members (excludes halogenated alkanes) is 1. The van der Waals surface area contributed by atoms with E-state index in [1.807, 2.05) is 0 Å². The van der Waals surface area contributed by atoms with Crippen LogP contribution in [0, 0.1) is 5.92 Å². The fraction of sp³-hybridized carbons (Fsp3) is 1.00. The highest BCUT2D eigenvalue weighted by molar-refractivity contribution is 4.77. The Morgan fingerprint density at radius 1 is 1.12 bits per heavy atom. The Kier molecular flexibility index (Phi) is 7.81. The van der Waals surface area contributed by atoms with Gasteiger partial charge in [0.1, 0.15) is 0 Å². The zero-order valence-corrected chi connectivity index (χ0v) is 10.6. The van der Waals surface area contributed by atoms with Gasteiger partial charge in [-0.3, -0.25) is 0 Å². The summed E-state index contributed by atoms with van der Waals surface area (Å²) < 4.78 is 10.3. The van der Waals surface area contributed by atoms with Crippen LogP contribution in [0.1, 0.15) is 44.9 Å². The minimum Gasteiger partial charge on any atom is -0.382 e. The van der Waals surface area contributed by atoms with Crippen LogP contribution in [0.15, 0.2) is 0 Å². The van der Waals surface area contributed by atoms with Gasteiger partial charge < -0.3 is 15.2 Å². The molecule has 0 aromatic carbocycles. The van der Waals surface area contributed by atoms with Gasteiger partial charge in [0.15, 0.2) is 0 Å². The Balaban J connectivity index is 1.86. The third kappa shape index (κ3) is 5.83. The molecular formula is C13H27NO2. The molecule has 1 aliphatic rings. The lowest BCUT2D eigenvalue weighted by Crippen LogP contribution is -2.28. The second-order valence-electron chi connectivity index (χ2n) is 4.81. The van der Waals surface area contributed by atoms with Gasteiger partial charge in [-0.2, -0.15) is 0 Å². The molecule has 0 aliphatic heterocycles. The first kappa shape index (κ1) is 13.9. The van der Waals surface area contributed by atoms with Gasteiger partial charge >= 0.3 is 0 Å². The van der Waals surface area contributed by atoms with Crippen molar-refractivity contribution in [3.05, 3.63) is 0 Å². The van der Waals surface area contributed by atoms with Crippen LogP contribution in [-0.2, 0) is 9.47 Å². The van der Waals surface area contributed by atoms with Gasteiger partial charge in [0, 0.05) is 19.8 Å². The number of methoxy groups -OCH3 is 1. The molecule has 0 spiro atoms. The molecular weight excluding hydrogens is 202 g/mol. The van der Waals surface area contributed by atoms with Gasteiger partial charge in [0.2, 0.25) is 0 Å². The van der Waals surface area contributed by atoms with Crippen molar-refractivity contribution in [3.8, 4) is 0 Å². The maximum Gasteiger partial charge on any atom is 0.0700 e. The van der Waals surface area contributed by atoms with E-state index in [1.165, 1.54) is 32.1 Å². The van der Waals surface area contributed by atoms with Gasteiger partial charge in [-0.1, -0.05) is 12.8 Å². The van der Waals surface area contributed by atoms with Crippen LogP contribution in [0.3, 0.4) is 0 Å². The minimum atomic E-state index is 0.432. The molecule has 3 nitrogen and oxygen atoms in total. The quantitative estimate of drug-likeness (QED) is 0.617. The van der Waals surface area contributed by atoms with Crippen molar-refractivity contribution in [1.29, 1.82) is 0 Å². The number of nitrogens with two attached hydrogens (primary N) is 1. The highest BCUT2D eigenvalue weighted by Crippen LogP contribution is 2.28. The van der Waals surface area contributed by atoms with Crippen LogP contribution in [0.25, 0.3) is 0 Å². The number of hydrogen-bond acceptors (Lipinski definition) is 3. The molecule has 0 bridgehead atoms. The average molecular weight is 229 g/mol. The summed E-state index contributed by atoms with van der Waals surface area (Å²) in [5.74, 6) is 0.800. The average Bonchev–Trinajstić information content (AvgIpc) is 2.81. The van der Waals surface area contributed by atoms with E-state index in [0.717, 1.165) is 25.4 Å². The second-order valence-corrected chi connectivity index (χ2v) is 4.81. The van der Waals surface area contributed by atoms with E-state index in [4.69, 9.17) is 15.2 Å². The Hall–Kier alpha value is -0.120. The molecule has 16 heavy (non-hydrogen) atoms. The molecule has 3 heteroatoms. The van der Waals surface area contributed by atoms with E-state index in [-0.39, 0.29) is 0 Å². The fourth-order valence-electron chi connectivity index (χ4n) is 2.45. The van der Waals surface area contributed by atoms with Crippen LogP contribution in [0.2, 0.25) is 0 Å². The topological polar surface area (TPSA) is 44.5 Å². The summed E-state index contributed by atoms with van der Waals surface area (Å²) in [6.07, 6.45) is 8.97. The van der Waals surface area contributed by atoms with Crippen LogP contribution >= 0.6 is 0 Å². The molecule has 1 unspecified atom stereocenters. The number of ether oxygens (including phenoxy) is 2. The number of rotatable bonds is 9. The van der Waals surface area contributed by atoms with E-state index in [2.05, 4.69) is 0 Å². The highest BCUT2D eigenvalue weighted by atomic mass is 16.5. The van der Waals surface area contributed by atoms with Gasteiger partial charge in [0.05, 0.1) is 13.2 Å². The van der Waals surface area contributed by atoms with Crippen molar-refractivity contribution in [1.82, 2.24) is 0 Å². The smallest absolute Gasteiger partial charge is 0.0700 e. The van der Waals surface area contributed by atoms with Gasteiger partial charge in [-0.25, -0.2) is 0 Å². The lowest BCUT2D eigenvalue weighted by molar-refractivity contribution is 0.0683. The standard InChI is InChI=1S/C13H27NO2/c1-15-10-11-16-9-5-4-8-13(14)12-6-2-3-7-12/h12-13H,2-11,14H2,1H3. The molecule has 1 aliphatic carbocycles. The van der Waals surface area contributed by atoms with Crippen LogP contribution in [-0.4, -0.2) is 33.0 Å². The largest absolute Gasteiger partial charge is 0.382 e. The van der Waals surface area contributed by atoms with Crippen LogP contribution < -0.4 is 5.73 Å². The van der Waals surface area contributed by atoms with E-state index < -0.39 is 0 Å². The zero-order chi connectivity index (χ0) is 11.6. The third-order valence-electron chi connectivity index (χ3n) is 3.51. The first-order valence-corrected chi connectivity index (χ1v) is 6.67. The first-order chi connectivity index (χ1) is 7.84. The van der Waals surface area contributed by atoms with E-state index >= 15 is 0 Å². The van der Waals surface area contributed by atoms with Crippen LogP contribution in [0.5, 0.6) is 0 Å². The number of hydrogen-bond donors (Lipinski definition) is 1. The summed E-state index contributed by atoms with van der Waals surface area (Å²) in [4.78, 5) is 0. The Morgan fingerprint density at radius 3 is 2.56 bits per heavy atom. The molecule has 0 heterocycles. The highest BCUT2D eigenvalue weighted by Gasteiger charge is 2.21. The summed E-state index contributed by atoms with van der Waals surface area (Å²) in [6, 6.07) is 0.432. The van der Waals surface area contributed by atoms with Crippen molar-refractivity contribution in [2.75, 3.05) is 26.9 Å². The summed E-state index contributed by atoms with van der Waals surface area (Å²) in [7, 11) is 1.70. The van der Waals surface area contributed by atoms with Crippen molar-refractivity contribution >= 4 is 0 Å². The van der Waals surface area contributed by atoms with Gasteiger partial charge in [0.25, 0.3) is 0 Å². The first-order valence-electron chi connectivity index (χ1n) is 6.67. The lowest BCUT2D eigenvalue weighted by atomic mass is 9.94. The summed E-state index contributed by atoms with van der Waals surface area (Å²) in [5, 5.41) is 0. The monoisotopic (exact) mass is 229 g/mol. The van der Waals surface area contributed by atoms with Crippen molar-refractivity contribution in [3.63, 3.8) is 0 Å². The van der Waals surface area contributed by atoms with E-state index in [9.17, 15) is 0 Å². The molecule has 0 aromatic rings. The predicted octanol–water partition coefficient (Wildman–Crippen LogP) is 2.34. The summed E-state index contributed by atoms with van der Waals surface area (Å²) in [5.41, 5.74) is 6.18. The maximum atomic E-state index is 6.18. The minimum absolute atomic E-state index is 0.432. The SMILES string of the molecule is COCCOCCCCC(N)C1CCCC1. The van der Waals surface area contributed by atoms with Crippen molar-refractivity contribution in [2.45, 2.75) is 51.0 Å². The predicted molar refractivity (Wildman–Crippen MR) is 66.5 cm³/mol. The van der Waals surface area contributed by atoms with Crippen molar-refractivity contribution in [2.24, 2.45) is 11.7 Å². The Morgan fingerprint density at radius 2 is 1.88 bits per heavy atom. The molecule has 0 radical (unpaired) electrons. The molecule has 1 fully saturated rings. The normalized spacial score (nSPS) is 19.1. The Bertz CT molecular complexity index is 158. The van der Waals surface area contributed by atoms with E-state index in [1.54, 1.807) is 7.11 Å². The lowest BCUT2D eigenvalue weighted by Gasteiger charge is -2.18. The van der Waals surface area contributed by atoms with Crippen LogP contribution in [0.4, 0.5) is 0 Å². The molecule has 1 saturated carbocycles. The molecule has 2 N–H and O–H groups in total. The molecule has 1 rings (SSSR count). The van der Waals surface area contributed by atoms with Crippen molar-refractivity contribution < 1.29 is 9.47 Å². The fourth-order valence-corrected chi connectivity index (χ4v) is 2.45. The molecule has 1 atom stereocenters. The summed E-state index contributed by atoms with van der Waals surface area (Å²) in [6.45, 7) is 2.26.